The Labute approximate surface area is 128 Å². The predicted octanol–water partition coefficient (Wildman–Crippen LogP) is 1.19. The number of aryl methyl sites for hydroxylation is 2. The molecule has 1 unspecified atom stereocenters. The van der Waals surface area contributed by atoms with Crippen LogP contribution < -0.4 is 10.5 Å². The second kappa shape index (κ2) is 5.51. The van der Waals surface area contributed by atoms with Crippen molar-refractivity contribution < 1.29 is 0 Å². The summed E-state index contributed by atoms with van der Waals surface area (Å²) in [6.45, 7) is 1.55. The zero-order chi connectivity index (χ0) is 14.9. The van der Waals surface area contributed by atoms with Gasteiger partial charge >= 0.3 is 0 Å². The maximum Gasteiger partial charge on any atom is 0.267 e. The van der Waals surface area contributed by atoms with Crippen molar-refractivity contribution in [3.63, 3.8) is 0 Å². The summed E-state index contributed by atoms with van der Waals surface area (Å²) in [6, 6.07) is 3.83. The number of fused-ring (bicyclic) bond motifs is 1. The van der Waals surface area contributed by atoms with Gasteiger partial charge in [-0.05, 0) is 43.7 Å². The molecule has 22 heavy (non-hydrogen) atoms. The summed E-state index contributed by atoms with van der Waals surface area (Å²) in [7, 11) is 0. The molecule has 6 nitrogen and oxygen atoms in total. The Morgan fingerprint density at radius 3 is 2.91 bits per heavy atom. The van der Waals surface area contributed by atoms with E-state index in [0.717, 1.165) is 55.9 Å². The van der Waals surface area contributed by atoms with Gasteiger partial charge in [0.1, 0.15) is 0 Å². The highest BCUT2D eigenvalue weighted by molar-refractivity contribution is 5.32. The standard InChI is InChI=1S/C16H19N5O/c22-15-10-12-4-1-6-14(12)19-21(15)11-13-5-2-9-20(13)16-17-7-3-8-18-16/h3,7-8,10,13H,1-2,4-6,9,11H2. The Morgan fingerprint density at radius 1 is 1.18 bits per heavy atom. The Bertz CT molecular complexity index is 727. The summed E-state index contributed by atoms with van der Waals surface area (Å²) in [6.07, 6.45) is 8.76. The average Bonchev–Trinajstić information content (AvgIpc) is 3.17. The molecule has 4 rings (SSSR count). The number of rotatable bonds is 3. The summed E-state index contributed by atoms with van der Waals surface area (Å²) in [4.78, 5) is 23.1. The van der Waals surface area contributed by atoms with Gasteiger partial charge in [-0.3, -0.25) is 4.79 Å². The van der Waals surface area contributed by atoms with Gasteiger partial charge in [0.25, 0.3) is 5.56 Å². The summed E-state index contributed by atoms with van der Waals surface area (Å²) >= 11 is 0. The highest BCUT2D eigenvalue weighted by Crippen LogP contribution is 2.23. The summed E-state index contributed by atoms with van der Waals surface area (Å²) in [5.74, 6) is 0.749. The van der Waals surface area contributed by atoms with Gasteiger partial charge in [-0.1, -0.05) is 0 Å². The molecule has 0 saturated carbocycles. The molecule has 0 amide bonds. The first-order valence-corrected chi connectivity index (χ1v) is 7.95. The largest absolute Gasteiger partial charge is 0.336 e. The summed E-state index contributed by atoms with van der Waals surface area (Å²) in [5, 5.41) is 4.58. The number of nitrogens with zero attached hydrogens (tertiary/aromatic N) is 5. The third-order valence-corrected chi connectivity index (χ3v) is 4.59. The van der Waals surface area contributed by atoms with Crippen LogP contribution in [0.1, 0.15) is 30.5 Å². The fraction of sp³-hybridized carbons (Fsp3) is 0.500. The van der Waals surface area contributed by atoms with E-state index in [1.807, 2.05) is 6.07 Å². The monoisotopic (exact) mass is 297 g/mol. The minimum atomic E-state index is 0.0153. The second-order valence-electron chi connectivity index (χ2n) is 6.03. The van der Waals surface area contributed by atoms with Crippen LogP contribution in [0.25, 0.3) is 0 Å². The van der Waals surface area contributed by atoms with Gasteiger partial charge in [-0.25, -0.2) is 14.6 Å². The first-order valence-electron chi connectivity index (χ1n) is 7.95. The lowest BCUT2D eigenvalue weighted by Crippen LogP contribution is -2.38. The molecule has 1 saturated heterocycles. The minimum absolute atomic E-state index is 0.0153. The molecule has 2 aromatic heterocycles. The van der Waals surface area contributed by atoms with Crippen molar-refractivity contribution in [3.05, 3.63) is 46.1 Å². The Hall–Kier alpha value is -2.24. The van der Waals surface area contributed by atoms with Crippen LogP contribution in [0.4, 0.5) is 5.95 Å². The van der Waals surface area contributed by atoms with Crippen LogP contribution in [0, 0.1) is 0 Å². The summed E-state index contributed by atoms with van der Waals surface area (Å²) < 4.78 is 1.64. The molecule has 6 heteroatoms. The third kappa shape index (κ3) is 2.38. The van der Waals surface area contributed by atoms with Gasteiger partial charge in [-0.2, -0.15) is 5.10 Å². The van der Waals surface area contributed by atoms with E-state index in [0.29, 0.717) is 6.54 Å². The quantitative estimate of drug-likeness (QED) is 0.851. The molecule has 0 radical (unpaired) electrons. The number of aromatic nitrogens is 4. The molecule has 1 atom stereocenters. The fourth-order valence-corrected chi connectivity index (χ4v) is 3.50. The Kier molecular flexibility index (Phi) is 3.36. The minimum Gasteiger partial charge on any atom is -0.336 e. The molecular weight excluding hydrogens is 278 g/mol. The molecule has 0 spiro atoms. The first kappa shape index (κ1) is 13.4. The van der Waals surface area contributed by atoms with E-state index in [2.05, 4.69) is 20.0 Å². The van der Waals surface area contributed by atoms with E-state index in [9.17, 15) is 4.79 Å². The lowest BCUT2D eigenvalue weighted by atomic mass is 10.2. The van der Waals surface area contributed by atoms with Crippen LogP contribution in [0.3, 0.4) is 0 Å². The molecule has 1 aliphatic heterocycles. The van der Waals surface area contributed by atoms with Crippen LogP contribution >= 0.6 is 0 Å². The molecule has 1 fully saturated rings. The molecular formula is C16H19N5O. The smallest absolute Gasteiger partial charge is 0.267 e. The van der Waals surface area contributed by atoms with Gasteiger partial charge in [0, 0.05) is 25.0 Å². The van der Waals surface area contributed by atoms with Crippen molar-refractivity contribution >= 4 is 5.95 Å². The van der Waals surface area contributed by atoms with E-state index in [-0.39, 0.29) is 11.6 Å². The molecule has 3 heterocycles. The Morgan fingerprint density at radius 2 is 2.05 bits per heavy atom. The average molecular weight is 297 g/mol. The van der Waals surface area contributed by atoms with E-state index >= 15 is 0 Å². The van der Waals surface area contributed by atoms with Crippen LogP contribution in [0.2, 0.25) is 0 Å². The van der Waals surface area contributed by atoms with Crippen molar-refractivity contribution in [1.82, 2.24) is 19.7 Å². The number of anilines is 1. The van der Waals surface area contributed by atoms with Gasteiger partial charge in [0.15, 0.2) is 0 Å². The van der Waals surface area contributed by atoms with Crippen molar-refractivity contribution in [3.8, 4) is 0 Å². The van der Waals surface area contributed by atoms with Crippen LogP contribution in [0.5, 0.6) is 0 Å². The van der Waals surface area contributed by atoms with E-state index in [1.165, 1.54) is 0 Å². The maximum atomic E-state index is 12.3. The van der Waals surface area contributed by atoms with Crippen LogP contribution in [-0.4, -0.2) is 32.3 Å². The normalized spacial score (nSPS) is 20.4. The molecule has 114 valence electrons. The Balaban J connectivity index is 1.59. The molecule has 2 aromatic rings. The van der Waals surface area contributed by atoms with Gasteiger partial charge in [0.2, 0.25) is 5.95 Å². The van der Waals surface area contributed by atoms with Gasteiger partial charge in [-0.15, -0.1) is 0 Å². The van der Waals surface area contributed by atoms with Gasteiger partial charge < -0.3 is 4.90 Å². The van der Waals surface area contributed by atoms with Crippen molar-refractivity contribution in [1.29, 1.82) is 0 Å². The van der Waals surface area contributed by atoms with E-state index < -0.39 is 0 Å². The van der Waals surface area contributed by atoms with Crippen LogP contribution in [0.15, 0.2) is 29.3 Å². The first-order chi connectivity index (χ1) is 10.8. The van der Waals surface area contributed by atoms with E-state index in [1.54, 1.807) is 23.1 Å². The molecule has 0 bridgehead atoms. The predicted molar refractivity (Wildman–Crippen MR) is 82.9 cm³/mol. The molecule has 0 aromatic carbocycles. The van der Waals surface area contributed by atoms with Crippen molar-refractivity contribution in [2.75, 3.05) is 11.4 Å². The number of hydrogen-bond donors (Lipinski definition) is 0. The molecule has 1 aliphatic carbocycles. The highest BCUT2D eigenvalue weighted by Gasteiger charge is 2.28. The number of hydrogen-bond acceptors (Lipinski definition) is 5. The maximum absolute atomic E-state index is 12.3. The zero-order valence-corrected chi connectivity index (χ0v) is 12.5. The van der Waals surface area contributed by atoms with E-state index in [4.69, 9.17) is 0 Å². The topological polar surface area (TPSA) is 63.9 Å². The summed E-state index contributed by atoms with van der Waals surface area (Å²) in [5.41, 5.74) is 2.25. The SMILES string of the molecule is O=c1cc2c(nn1CC1CCCN1c1ncccn1)CCC2. The highest BCUT2D eigenvalue weighted by atomic mass is 16.1. The van der Waals surface area contributed by atoms with Crippen molar-refractivity contribution in [2.45, 2.75) is 44.7 Å². The van der Waals surface area contributed by atoms with Gasteiger partial charge in [0.05, 0.1) is 18.3 Å². The molecule has 0 N–H and O–H groups in total. The van der Waals surface area contributed by atoms with Crippen LogP contribution in [-0.2, 0) is 19.4 Å². The fourth-order valence-electron chi connectivity index (χ4n) is 3.50. The second-order valence-corrected chi connectivity index (χ2v) is 6.03. The lowest BCUT2D eigenvalue weighted by molar-refractivity contribution is 0.480. The third-order valence-electron chi connectivity index (χ3n) is 4.59. The van der Waals surface area contributed by atoms with Crippen molar-refractivity contribution in [2.24, 2.45) is 0 Å². The lowest BCUT2D eigenvalue weighted by Gasteiger charge is -2.24. The zero-order valence-electron chi connectivity index (χ0n) is 12.5. The molecule has 2 aliphatic rings.